The van der Waals surface area contributed by atoms with Crippen LogP contribution >= 0.6 is 0 Å². The Kier molecular flexibility index (Phi) is 4.48. The van der Waals surface area contributed by atoms with Crippen LogP contribution in [0.2, 0.25) is 0 Å². The standard InChI is InChI=1S/C15H11N5O8/c21-12-5-7-1-3-10(13(7)14(15(12)22)20(27)28)17-16-9-4-2-8(18(23)24)6-11(9)19(25)26/h2,4-6,16,21-22H,1,3H2. The van der Waals surface area contributed by atoms with E-state index in [1.807, 2.05) is 0 Å². The van der Waals surface area contributed by atoms with Crippen molar-refractivity contribution in [1.29, 1.82) is 0 Å². The molecule has 0 unspecified atom stereocenters. The summed E-state index contributed by atoms with van der Waals surface area (Å²) >= 11 is 0. The number of nitro groups is 3. The first kappa shape index (κ1) is 18.5. The van der Waals surface area contributed by atoms with Crippen LogP contribution in [0.15, 0.2) is 29.4 Å². The summed E-state index contributed by atoms with van der Waals surface area (Å²) in [7, 11) is 0. The van der Waals surface area contributed by atoms with Gasteiger partial charge in [-0.2, -0.15) is 5.10 Å². The molecule has 0 saturated carbocycles. The van der Waals surface area contributed by atoms with E-state index in [2.05, 4.69) is 10.5 Å². The van der Waals surface area contributed by atoms with E-state index in [0.717, 1.165) is 18.2 Å². The number of phenols is 2. The number of hydrogen-bond donors (Lipinski definition) is 3. The monoisotopic (exact) mass is 389 g/mol. The first-order valence-corrected chi connectivity index (χ1v) is 7.68. The van der Waals surface area contributed by atoms with E-state index < -0.39 is 43.3 Å². The minimum atomic E-state index is -0.903. The lowest BCUT2D eigenvalue weighted by Crippen LogP contribution is -2.05. The highest BCUT2D eigenvalue weighted by atomic mass is 16.6. The van der Waals surface area contributed by atoms with E-state index in [4.69, 9.17) is 0 Å². The predicted molar refractivity (Wildman–Crippen MR) is 94.7 cm³/mol. The Bertz CT molecular complexity index is 1060. The Morgan fingerprint density at radius 1 is 0.964 bits per heavy atom. The molecule has 0 radical (unpaired) electrons. The number of benzene rings is 2. The summed E-state index contributed by atoms with van der Waals surface area (Å²) in [4.78, 5) is 30.8. The van der Waals surface area contributed by atoms with Crippen molar-refractivity contribution in [2.45, 2.75) is 12.8 Å². The molecule has 1 aliphatic carbocycles. The molecule has 2 aromatic carbocycles. The van der Waals surface area contributed by atoms with Crippen molar-refractivity contribution in [1.82, 2.24) is 0 Å². The molecule has 28 heavy (non-hydrogen) atoms. The van der Waals surface area contributed by atoms with Gasteiger partial charge in [0.1, 0.15) is 5.69 Å². The average molecular weight is 389 g/mol. The largest absolute Gasteiger partial charge is 0.504 e. The van der Waals surface area contributed by atoms with Crippen molar-refractivity contribution in [2.75, 3.05) is 5.43 Å². The predicted octanol–water partition coefficient (Wildman–Crippen LogP) is 2.58. The van der Waals surface area contributed by atoms with Gasteiger partial charge in [0, 0.05) is 6.07 Å². The summed E-state index contributed by atoms with van der Waals surface area (Å²) in [5, 5.41) is 56.7. The van der Waals surface area contributed by atoms with Gasteiger partial charge < -0.3 is 10.2 Å². The summed E-state index contributed by atoms with van der Waals surface area (Å²) in [5.74, 6) is -1.54. The number of aromatic hydroxyl groups is 2. The Balaban J connectivity index is 2.04. The van der Waals surface area contributed by atoms with E-state index in [9.17, 15) is 40.6 Å². The minimum Gasteiger partial charge on any atom is -0.504 e. The van der Waals surface area contributed by atoms with Crippen LogP contribution < -0.4 is 5.43 Å². The zero-order valence-corrected chi connectivity index (χ0v) is 13.9. The van der Waals surface area contributed by atoms with Crippen molar-refractivity contribution >= 4 is 28.5 Å². The highest BCUT2D eigenvalue weighted by Gasteiger charge is 2.33. The second-order valence-corrected chi connectivity index (χ2v) is 5.77. The number of hydrazone groups is 1. The molecule has 0 amide bonds. The van der Waals surface area contributed by atoms with Crippen molar-refractivity contribution < 1.29 is 25.0 Å². The Labute approximate surface area is 155 Å². The van der Waals surface area contributed by atoms with Crippen LogP contribution in [0.5, 0.6) is 11.5 Å². The first-order chi connectivity index (χ1) is 13.2. The molecule has 13 nitrogen and oxygen atoms in total. The van der Waals surface area contributed by atoms with Gasteiger partial charge >= 0.3 is 11.4 Å². The van der Waals surface area contributed by atoms with Crippen LogP contribution in [0.1, 0.15) is 17.5 Å². The molecular weight excluding hydrogens is 378 g/mol. The number of nitrogens with zero attached hydrogens (tertiary/aromatic N) is 4. The fraction of sp³-hybridized carbons (Fsp3) is 0.133. The van der Waals surface area contributed by atoms with E-state index in [1.54, 1.807) is 0 Å². The van der Waals surface area contributed by atoms with Gasteiger partial charge in [-0.05, 0) is 30.5 Å². The van der Waals surface area contributed by atoms with Crippen molar-refractivity contribution in [3.63, 3.8) is 0 Å². The van der Waals surface area contributed by atoms with Crippen LogP contribution in [-0.2, 0) is 6.42 Å². The molecule has 0 aromatic heterocycles. The fourth-order valence-electron chi connectivity index (χ4n) is 2.89. The molecular formula is C15H11N5O8. The van der Waals surface area contributed by atoms with E-state index in [-0.39, 0.29) is 23.4 Å². The summed E-state index contributed by atoms with van der Waals surface area (Å²) in [6.45, 7) is 0. The zero-order chi connectivity index (χ0) is 20.6. The number of non-ortho nitro benzene ring substituents is 1. The highest BCUT2D eigenvalue weighted by molar-refractivity contribution is 6.09. The van der Waals surface area contributed by atoms with Crippen LogP contribution in [0.3, 0.4) is 0 Å². The van der Waals surface area contributed by atoms with Crippen LogP contribution in [0.25, 0.3) is 0 Å². The fourth-order valence-corrected chi connectivity index (χ4v) is 2.89. The molecule has 3 N–H and O–H groups in total. The van der Waals surface area contributed by atoms with Crippen LogP contribution in [0.4, 0.5) is 22.7 Å². The molecule has 0 heterocycles. The number of nitrogens with one attached hydrogen (secondary N) is 1. The number of nitro benzene ring substituents is 3. The summed E-state index contributed by atoms with van der Waals surface area (Å²) in [6.07, 6.45) is 0.514. The smallest absolute Gasteiger partial charge is 0.323 e. The van der Waals surface area contributed by atoms with Gasteiger partial charge in [-0.15, -0.1) is 0 Å². The van der Waals surface area contributed by atoms with Gasteiger partial charge in [-0.25, -0.2) is 0 Å². The third kappa shape index (κ3) is 3.11. The van der Waals surface area contributed by atoms with Crippen molar-refractivity contribution in [3.05, 3.63) is 65.7 Å². The Hall–Kier alpha value is -4.29. The molecule has 1 aliphatic rings. The van der Waals surface area contributed by atoms with E-state index in [1.165, 1.54) is 6.07 Å². The molecule has 13 heteroatoms. The zero-order valence-electron chi connectivity index (χ0n) is 13.9. The van der Waals surface area contributed by atoms with E-state index in [0.29, 0.717) is 12.0 Å². The highest BCUT2D eigenvalue weighted by Crippen LogP contribution is 2.43. The second-order valence-electron chi connectivity index (χ2n) is 5.77. The molecule has 0 aliphatic heterocycles. The molecule has 0 atom stereocenters. The van der Waals surface area contributed by atoms with Crippen LogP contribution in [0, 0.1) is 30.3 Å². The maximum absolute atomic E-state index is 11.3. The summed E-state index contributed by atoms with van der Waals surface area (Å²) < 4.78 is 0. The number of rotatable bonds is 5. The molecule has 0 spiro atoms. The Morgan fingerprint density at radius 3 is 2.29 bits per heavy atom. The Morgan fingerprint density at radius 2 is 1.68 bits per heavy atom. The maximum Gasteiger partial charge on any atom is 0.323 e. The number of aryl methyl sites for hydroxylation is 1. The lowest BCUT2D eigenvalue weighted by atomic mass is 10.1. The maximum atomic E-state index is 11.3. The van der Waals surface area contributed by atoms with E-state index >= 15 is 0 Å². The van der Waals surface area contributed by atoms with Gasteiger partial charge in [0.25, 0.3) is 5.69 Å². The third-order valence-corrected chi connectivity index (χ3v) is 4.14. The average Bonchev–Trinajstić information content (AvgIpc) is 3.02. The number of phenolic OH excluding ortho intramolecular Hbond substituents is 2. The number of anilines is 1. The lowest BCUT2D eigenvalue weighted by molar-refractivity contribution is -0.393. The number of fused-ring (bicyclic) bond motifs is 1. The molecule has 3 rings (SSSR count). The minimum absolute atomic E-state index is 0.0114. The van der Waals surface area contributed by atoms with Gasteiger partial charge in [0.15, 0.2) is 5.75 Å². The normalized spacial score (nSPS) is 13.9. The number of hydrogen-bond acceptors (Lipinski definition) is 10. The molecule has 144 valence electrons. The molecule has 2 aromatic rings. The SMILES string of the molecule is O=[N+]([O-])c1ccc(NN=C2CCc3cc(O)c(O)c([N+](=O)[O-])c32)c([N+](=O)[O-])c1. The van der Waals surface area contributed by atoms with Crippen molar-refractivity contribution in [2.24, 2.45) is 5.10 Å². The topological polar surface area (TPSA) is 194 Å². The summed E-state index contributed by atoms with van der Waals surface area (Å²) in [6, 6.07) is 4.09. The lowest BCUT2D eigenvalue weighted by Gasteiger charge is -2.07. The second kappa shape index (κ2) is 6.79. The van der Waals surface area contributed by atoms with Crippen molar-refractivity contribution in [3.8, 4) is 11.5 Å². The van der Waals surface area contributed by atoms with Gasteiger partial charge in [0.2, 0.25) is 5.75 Å². The molecule has 0 fully saturated rings. The first-order valence-electron chi connectivity index (χ1n) is 7.68. The molecule has 0 saturated heterocycles. The molecule has 0 bridgehead atoms. The van der Waals surface area contributed by atoms with Gasteiger partial charge in [-0.1, -0.05) is 0 Å². The van der Waals surface area contributed by atoms with Crippen LogP contribution in [-0.4, -0.2) is 30.7 Å². The van der Waals surface area contributed by atoms with Gasteiger partial charge in [0.05, 0.1) is 32.1 Å². The quantitative estimate of drug-likeness (QED) is 0.391. The van der Waals surface area contributed by atoms with Gasteiger partial charge in [-0.3, -0.25) is 35.8 Å². The summed E-state index contributed by atoms with van der Waals surface area (Å²) in [5.41, 5.74) is 1.00. The third-order valence-electron chi connectivity index (χ3n) is 4.14.